The number of alkyl halides is 1. The highest BCUT2D eigenvalue weighted by molar-refractivity contribution is 6.00. The molecule has 0 radical (unpaired) electrons. The zero-order valence-electron chi connectivity index (χ0n) is 26.1. The molecule has 8 rings (SSSR count). The van der Waals surface area contributed by atoms with E-state index in [1.807, 2.05) is 11.8 Å². The van der Waals surface area contributed by atoms with Crippen molar-refractivity contribution in [3.8, 4) is 23.1 Å². The Morgan fingerprint density at radius 3 is 2.72 bits per heavy atom. The van der Waals surface area contributed by atoms with E-state index in [4.69, 9.17) is 9.15 Å². The molecule has 3 aliphatic rings. The summed E-state index contributed by atoms with van der Waals surface area (Å²) in [6.07, 6.45) is 4.21. The molecule has 2 aromatic carbocycles. The lowest BCUT2D eigenvalue weighted by molar-refractivity contribution is 0.292. The zero-order valence-corrected chi connectivity index (χ0v) is 26.1. The van der Waals surface area contributed by atoms with E-state index < -0.39 is 17.6 Å². The van der Waals surface area contributed by atoms with Gasteiger partial charge in [0, 0.05) is 60.7 Å². The summed E-state index contributed by atoms with van der Waals surface area (Å²) in [6, 6.07) is 8.13. The second-order valence-electron chi connectivity index (χ2n) is 12.3. The minimum atomic E-state index is -0.655. The number of fused-ring (bicyclic) bond motifs is 4. The molecule has 6 heterocycles. The molecule has 240 valence electrons. The summed E-state index contributed by atoms with van der Waals surface area (Å²) in [5.74, 6) is 0.854. The molecular weight excluding hydrogens is 594 g/mol. The Morgan fingerprint density at radius 1 is 1.09 bits per heavy atom. The number of imidazole rings is 1. The fraction of sp³-hybridized carbons (Fsp3) is 0.412. The minimum absolute atomic E-state index is 0.0761. The lowest BCUT2D eigenvalue weighted by Gasteiger charge is -2.23. The predicted molar refractivity (Wildman–Crippen MR) is 171 cm³/mol. The molecule has 2 N–H and O–H groups in total. The SMILES string of the molecule is COc1nc(N2CCc3nc(C)[nH]c3CC2)c2c(=O)oc(-c3cc(O)cc4cccc(F)c34)c(C)c2n1.FC1CC2CCCN2C1. The van der Waals surface area contributed by atoms with E-state index in [0.717, 1.165) is 30.2 Å². The number of benzene rings is 2. The van der Waals surface area contributed by atoms with Gasteiger partial charge in [-0.3, -0.25) is 4.90 Å². The van der Waals surface area contributed by atoms with Crippen LogP contribution in [0.1, 0.15) is 42.0 Å². The van der Waals surface area contributed by atoms with E-state index in [1.165, 1.54) is 38.2 Å². The van der Waals surface area contributed by atoms with Crippen LogP contribution in [-0.2, 0) is 12.8 Å². The average molecular weight is 631 g/mol. The first-order valence-corrected chi connectivity index (χ1v) is 15.7. The lowest BCUT2D eigenvalue weighted by Crippen LogP contribution is -2.29. The standard InChI is InChI=1S/C27H24FN5O4.C7H12FN/c1-13-23-22(26(35)37-24(13)17-12-16(34)11-15-5-4-6-18(28)21(15)17)25(32-27(31-23)36-3)33-9-7-19-20(8-10-33)30-14(2)29-19;8-6-4-7-2-1-3-9(7)5-6/h4-6,11-12,34H,7-10H2,1-3H3,(H,29,30);6-7H,1-5H2. The number of aromatic amines is 1. The molecule has 0 saturated carbocycles. The molecule has 0 aliphatic carbocycles. The summed E-state index contributed by atoms with van der Waals surface area (Å²) >= 11 is 0. The van der Waals surface area contributed by atoms with Crippen molar-refractivity contribution >= 4 is 27.5 Å². The number of aromatic hydroxyl groups is 1. The maximum Gasteiger partial charge on any atom is 0.349 e. The Hall–Kier alpha value is -4.58. The Kier molecular flexibility index (Phi) is 7.83. The second kappa shape index (κ2) is 12.0. The number of aryl methyl sites for hydroxylation is 2. The highest BCUT2D eigenvalue weighted by Gasteiger charge is 2.34. The van der Waals surface area contributed by atoms with Crippen LogP contribution in [0.15, 0.2) is 39.5 Å². The van der Waals surface area contributed by atoms with Crippen molar-refractivity contribution in [2.45, 2.75) is 58.2 Å². The number of hydrogen-bond acceptors (Lipinski definition) is 9. The highest BCUT2D eigenvalue weighted by Crippen LogP contribution is 2.38. The molecule has 0 bridgehead atoms. The first-order chi connectivity index (χ1) is 22.2. The number of rotatable bonds is 3. The molecule has 12 heteroatoms. The van der Waals surface area contributed by atoms with Gasteiger partial charge in [0.15, 0.2) is 5.82 Å². The average Bonchev–Trinajstić information content (AvgIpc) is 3.68. The van der Waals surface area contributed by atoms with Crippen LogP contribution >= 0.6 is 0 Å². The van der Waals surface area contributed by atoms with Crippen LogP contribution in [0.25, 0.3) is 33.0 Å². The third-order valence-corrected chi connectivity index (χ3v) is 9.29. The second-order valence-corrected chi connectivity index (χ2v) is 12.3. The molecule has 2 atom stereocenters. The van der Waals surface area contributed by atoms with Crippen molar-refractivity contribution in [1.29, 1.82) is 0 Å². The van der Waals surface area contributed by atoms with E-state index in [-0.39, 0.29) is 33.9 Å². The number of nitrogens with one attached hydrogen (secondary N) is 1. The molecule has 2 saturated heterocycles. The third kappa shape index (κ3) is 5.44. The lowest BCUT2D eigenvalue weighted by atomic mass is 9.98. The van der Waals surface area contributed by atoms with Crippen molar-refractivity contribution < 1.29 is 23.0 Å². The van der Waals surface area contributed by atoms with Crippen LogP contribution in [0.3, 0.4) is 0 Å². The molecule has 10 nitrogen and oxygen atoms in total. The number of nitrogens with zero attached hydrogens (tertiary/aromatic N) is 5. The Bertz CT molecular complexity index is 1970. The van der Waals surface area contributed by atoms with Gasteiger partial charge < -0.3 is 24.1 Å². The Balaban J connectivity index is 0.000000321. The van der Waals surface area contributed by atoms with Gasteiger partial charge in [0.1, 0.15) is 34.7 Å². The topological polar surface area (TPSA) is 121 Å². The Morgan fingerprint density at radius 2 is 1.91 bits per heavy atom. The van der Waals surface area contributed by atoms with Crippen LogP contribution in [0.2, 0.25) is 0 Å². The number of methoxy groups -OCH3 is 1. The van der Waals surface area contributed by atoms with Gasteiger partial charge in [0.05, 0.1) is 18.3 Å². The van der Waals surface area contributed by atoms with Gasteiger partial charge in [-0.25, -0.2) is 18.6 Å². The largest absolute Gasteiger partial charge is 0.508 e. The maximum atomic E-state index is 14.9. The molecule has 5 aromatic rings. The normalized spacial score (nSPS) is 19.5. The zero-order chi connectivity index (χ0) is 32.1. The summed E-state index contributed by atoms with van der Waals surface area (Å²) in [4.78, 5) is 34.7. The van der Waals surface area contributed by atoms with E-state index in [2.05, 4.69) is 24.8 Å². The van der Waals surface area contributed by atoms with Gasteiger partial charge in [-0.05, 0) is 63.2 Å². The van der Waals surface area contributed by atoms with Crippen LogP contribution in [-0.4, -0.2) is 75.4 Å². The van der Waals surface area contributed by atoms with Crippen LogP contribution < -0.4 is 15.3 Å². The fourth-order valence-corrected chi connectivity index (χ4v) is 7.18. The summed E-state index contributed by atoms with van der Waals surface area (Å²) in [5, 5.41) is 11.3. The number of halogens is 2. The van der Waals surface area contributed by atoms with Crippen molar-refractivity contribution in [2.75, 3.05) is 38.2 Å². The van der Waals surface area contributed by atoms with Crippen LogP contribution in [0.4, 0.5) is 14.6 Å². The monoisotopic (exact) mass is 630 g/mol. The van der Waals surface area contributed by atoms with Gasteiger partial charge >= 0.3 is 11.6 Å². The van der Waals surface area contributed by atoms with Gasteiger partial charge in [-0.2, -0.15) is 9.97 Å². The van der Waals surface area contributed by atoms with E-state index in [9.17, 15) is 18.7 Å². The summed E-state index contributed by atoms with van der Waals surface area (Å²) in [6.45, 7) is 6.73. The number of phenolic OH excluding ortho intramolecular Hbond substituents is 1. The molecular formula is C34H36F2N6O4. The van der Waals surface area contributed by atoms with E-state index in [0.29, 0.717) is 60.8 Å². The number of phenols is 1. The van der Waals surface area contributed by atoms with E-state index >= 15 is 0 Å². The fourth-order valence-electron chi connectivity index (χ4n) is 7.18. The molecule has 2 unspecified atom stereocenters. The molecule has 0 spiro atoms. The van der Waals surface area contributed by atoms with Crippen molar-refractivity contribution in [3.63, 3.8) is 0 Å². The van der Waals surface area contributed by atoms with Gasteiger partial charge in [-0.15, -0.1) is 0 Å². The Labute approximate surface area is 264 Å². The predicted octanol–water partition coefficient (Wildman–Crippen LogP) is 5.39. The van der Waals surface area contributed by atoms with Crippen molar-refractivity contribution in [1.82, 2.24) is 24.8 Å². The number of ether oxygens (including phenoxy) is 1. The van der Waals surface area contributed by atoms with Gasteiger partial charge in [0.25, 0.3) is 0 Å². The molecule has 3 aromatic heterocycles. The molecule has 46 heavy (non-hydrogen) atoms. The maximum absolute atomic E-state index is 14.9. The number of hydrogen-bond donors (Lipinski definition) is 2. The molecule has 0 amide bonds. The van der Waals surface area contributed by atoms with Crippen LogP contribution in [0.5, 0.6) is 11.8 Å². The van der Waals surface area contributed by atoms with E-state index in [1.54, 1.807) is 19.1 Å². The summed E-state index contributed by atoms with van der Waals surface area (Å²) < 4.78 is 38.7. The number of H-pyrrole nitrogens is 1. The van der Waals surface area contributed by atoms with Gasteiger partial charge in [-0.1, -0.05) is 12.1 Å². The van der Waals surface area contributed by atoms with Gasteiger partial charge in [0.2, 0.25) is 0 Å². The molecule has 3 aliphatic heterocycles. The third-order valence-electron chi connectivity index (χ3n) is 9.29. The van der Waals surface area contributed by atoms with Crippen molar-refractivity contribution in [2.24, 2.45) is 0 Å². The summed E-state index contributed by atoms with van der Waals surface area (Å²) in [5.41, 5.74) is 2.54. The number of anilines is 1. The van der Waals surface area contributed by atoms with Crippen LogP contribution in [0, 0.1) is 19.7 Å². The number of aromatic nitrogens is 4. The summed E-state index contributed by atoms with van der Waals surface area (Å²) in [7, 11) is 1.46. The highest BCUT2D eigenvalue weighted by atomic mass is 19.1. The van der Waals surface area contributed by atoms with Crippen molar-refractivity contribution in [3.05, 3.63) is 69.3 Å². The minimum Gasteiger partial charge on any atom is -0.508 e. The molecule has 2 fully saturated rings. The first kappa shape index (κ1) is 30.1. The quantitative estimate of drug-likeness (QED) is 0.270. The smallest absolute Gasteiger partial charge is 0.349 e. The first-order valence-electron chi connectivity index (χ1n) is 15.7.